The van der Waals surface area contributed by atoms with Gasteiger partial charge in [-0.1, -0.05) is 18.2 Å². The van der Waals surface area contributed by atoms with Crippen molar-refractivity contribution < 1.29 is 19.5 Å². The summed E-state index contributed by atoms with van der Waals surface area (Å²) in [5.41, 5.74) is 2.21. The van der Waals surface area contributed by atoms with Gasteiger partial charge in [0.1, 0.15) is 0 Å². The molecular formula is C21H29N5O4. The minimum Gasteiger partial charge on any atom is -0.395 e. The number of hydrogen-bond donors (Lipinski definition) is 4. The third kappa shape index (κ3) is 5.73. The number of aromatic nitrogens is 1. The molecule has 9 nitrogen and oxygen atoms in total. The zero-order chi connectivity index (χ0) is 21.3. The van der Waals surface area contributed by atoms with Crippen molar-refractivity contribution in [2.75, 3.05) is 45.9 Å². The average molecular weight is 415 g/mol. The zero-order valence-corrected chi connectivity index (χ0v) is 17.0. The Balaban J connectivity index is 1.36. The van der Waals surface area contributed by atoms with Gasteiger partial charge in [-0.05, 0) is 18.1 Å². The first-order valence-corrected chi connectivity index (χ1v) is 10.3. The average Bonchev–Trinajstić information content (AvgIpc) is 3.19. The highest BCUT2D eigenvalue weighted by atomic mass is 16.3. The van der Waals surface area contributed by atoms with Crippen LogP contribution in [-0.2, 0) is 16.0 Å². The first-order valence-electron chi connectivity index (χ1n) is 10.3. The van der Waals surface area contributed by atoms with Crippen LogP contribution in [-0.4, -0.2) is 83.6 Å². The maximum atomic E-state index is 12.6. The predicted octanol–water partition coefficient (Wildman–Crippen LogP) is 0.453. The lowest BCUT2D eigenvalue weighted by Crippen LogP contribution is -2.53. The number of hydrogen-bond acceptors (Lipinski definition) is 4. The third-order valence-electron chi connectivity index (χ3n) is 5.26. The summed E-state index contributed by atoms with van der Waals surface area (Å²) in [5.74, 6) is -0.115. The van der Waals surface area contributed by atoms with Gasteiger partial charge in [0.2, 0.25) is 11.8 Å². The number of aliphatic hydroxyl groups is 1. The van der Waals surface area contributed by atoms with Crippen LogP contribution in [0.3, 0.4) is 0 Å². The van der Waals surface area contributed by atoms with E-state index in [1.807, 2.05) is 24.4 Å². The van der Waals surface area contributed by atoms with E-state index in [9.17, 15) is 14.4 Å². The molecule has 0 atom stereocenters. The second kappa shape index (κ2) is 10.6. The van der Waals surface area contributed by atoms with Crippen molar-refractivity contribution in [3.8, 4) is 0 Å². The molecule has 0 aliphatic carbocycles. The van der Waals surface area contributed by atoms with Gasteiger partial charge in [0.05, 0.1) is 6.61 Å². The molecule has 0 spiro atoms. The fraction of sp³-hybridized carbons (Fsp3) is 0.476. The summed E-state index contributed by atoms with van der Waals surface area (Å²) in [7, 11) is 0. The molecule has 1 aliphatic rings. The Morgan fingerprint density at radius 1 is 0.967 bits per heavy atom. The van der Waals surface area contributed by atoms with Crippen LogP contribution in [0.5, 0.6) is 0 Å². The molecule has 1 aromatic heterocycles. The van der Waals surface area contributed by atoms with Gasteiger partial charge in [0, 0.05) is 69.2 Å². The Morgan fingerprint density at radius 2 is 1.70 bits per heavy atom. The van der Waals surface area contributed by atoms with E-state index in [0.717, 1.165) is 16.5 Å². The van der Waals surface area contributed by atoms with Gasteiger partial charge in [-0.25, -0.2) is 4.79 Å². The summed E-state index contributed by atoms with van der Waals surface area (Å²) in [6, 6.07) is 7.82. The second-order valence-electron chi connectivity index (χ2n) is 7.28. The number of para-hydroxylation sites is 1. The monoisotopic (exact) mass is 415 g/mol. The minimum atomic E-state index is -0.226. The standard InChI is InChI=1S/C21H29N5O4/c27-14-9-22-19(28)7-8-23-21(30)26-12-10-25(11-13-26)20(29)6-5-16-15-24-18-4-2-1-3-17(16)18/h1-4,15,24,27H,5-14H2,(H,22,28)(H,23,30). The van der Waals surface area contributed by atoms with E-state index in [1.54, 1.807) is 9.80 Å². The number of nitrogens with zero attached hydrogens (tertiary/aromatic N) is 2. The number of fused-ring (bicyclic) bond motifs is 1. The van der Waals surface area contributed by atoms with Crippen LogP contribution >= 0.6 is 0 Å². The second-order valence-corrected chi connectivity index (χ2v) is 7.28. The van der Waals surface area contributed by atoms with Crippen LogP contribution in [0.25, 0.3) is 10.9 Å². The maximum Gasteiger partial charge on any atom is 0.317 e. The lowest BCUT2D eigenvalue weighted by molar-refractivity contribution is -0.132. The quantitative estimate of drug-likeness (QED) is 0.501. The Labute approximate surface area is 175 Å². The Hall–Kier alpha value is -3.07. The normalized spacial score (nSPS) is 14.0. The molecule has 9 heteroatoms. The van der Waals surface area contributed by atoms with Gasteiger partial charge >= 0.3 is 6.03 Å². The number of amides is 4. The van der Waals surface area contributed by atoms with E-state index in [1.165, 1.54) is 0 Å². The summed E-state index contributed by atoms with van der Waals surface area (Å²) in [6.07, 6.45) is 3.25. The highest BCUT2D eigenvalue weighted by Gasteiger charge is 2.24. The number of H-pyrrole nitrogens is 1. The lowest BCUT2D eigenvalue weighted by Gasteiger charge is -2.34. The van der Waals surface area contributed by atoms with Gasteiger partial charge in [0.15, 0.2) is 0 Å². The number of urea groups is 1. The molecule has 1 aliphatic heterocycles. The molecule has 0 radical (unpaired) electrons. The number of rotatable bonds is 8. The fourth-order valence-electron chi connectivity index (χ4n) is 3.58. The summed E-state index contributed by atoms with van der Waals surface area (Å²) in [5, 5.41) is 15.1. The number of aryl methyl sites for hydroxylation is 1. The molecule has 3 rings (SSSR count). The smallest absolute Gasteiger partial charge is 0.317 e. The van der Waals surface area contributed by atoms with Crippen LogP contribution in [0.15, 0.2) is 30.5 Å². The molecule has 0 unspecified atom stereocenters. The Morgan fingerprint density at radius 3 is 2.47 bits per heavy atom. The molecule has 2 heterocycles. The number of carbonyl (C=O) groups excluding carboxylic acids is 3. The van der Waals surface area contributed by atoms with Crippen molar-refractivity contribution in [3.05, 3.63) is 36.0 Å². The number of carbonyl (C=O) groups is 3. The van der Waals surface area contributed by atoms with Crippen LogP contribution in [0.2, 0.25) is 0 Å². The largest absolute Gasteiger partial charge is 0.395 e. The highest BCUT2D eigenvalue weighted by Crippen LogP contribution is 2.19. The molecule has 162 valence electrons. The van der Waals surface area contributed by atoms with Crippen molar-refractivity contribution in [3.63, 3.8) is 0 Å². The van der Waals surface area contributed by atoms with E-state index in [2.05, 4.69) is 21.7 Å². The van der Waals surface area contributed by atoms with Crippen molar-refractivity contribution in [1.29, 1.82) is 0 Å². The fourth-order valence-corrected chi connectivity index (χ4v) is 3.58. The summed E-state index contributed by atoms with van der Waals surface area (Å²) in [4.78, 5) is 42.9. The van der Waals surface area contributed by atoms with Crippen molar-refractivity contribution in [2.24, 2.45) is 0 Å². The van der Waals surface area contributed by atoms with E-state index >= 15 is 0 Å². The molecule has 4 amide bonds. The van der Waals surface area contributed by atoms with Gasteiger partial charge in [0.25, 0.3) is 0 Å². The SMILES string of the molecule is O=C(CCNC(=O)N1CCN(C(=O)CCc2c[nH]c3ccccc23)CC1)NCCO. The molecule has 0 saturated carbocycles. The summed E-state index contributed by atoms with van der Waals surface area (Å²) < 4.78 is 0. The number of nitrogens with one attached hydrogen (secondary N) is 3. The molecule has 0 bridgehead atoms. The Bertz CT molecular complexity index is 873. The first-order chi connectivity index (χ1) is 14.6. The van der Waals surface area contributed by atoms with Crippen LogP contribution in [0.4, 0.5) is 4.79 Å². The van der Waals surface area contributed by atoms with Gasteiger partial charge in [-0.3, -0.25) is 9.59 Å². The van der Waals surface area contributed by atoms with E-state index in [0.29, 0.717) is 39.0 Å². The number of aromatic amines is 1. The predicted molar refractivity (Wildman–Crippen MR) is 113 cm³/mol. The molecule has 1 aromatic carbocycles. The Kier molecular flexibility index (Phi) is 7.67. The van der Waals surface area contributed by atoms with Gasteiger partial charge < -0.3 is 30.5 Å². The molecule has 2 aromatic rings. The molecule has 1 saturated heterocycles. The zero-order valence-electron chi connectivity index (χ0n) is 17.0. The maximum absolute atomic E-state index is 12.6. The van der Waals surface area contributed by atoms with Gasteiger partial charge in [-0.15, -0.1) is 0 Å². The van der Waals surface area contributed by atoms with Crippen LogP contribution < -0.4 is 10.6 Å². The summed E-state index contributed by atoms with van der Waals surface area (Å²) in [6.45, 7) is 2.31. The van der Waals surface area contributed by atoms with Crippen LogP contribution in [0, 0.1) is 0 Å². The van der Waals surface area contributed by atoms with E-state index in [-0.39, 0.29) is 44.0 Å². The van der Waals surface area contributed by atoms with Gasteiger partial charge in [-0.2, -0.15) is 0 Å². The first kappa shape index (κ1) is 21.6. The number of piperazine rings is 1. The van der Waals surface area contributed by atoms with Crippen molar-refractivity contribution in [2.45, 2.75) is 19.3 Å². The molecule has 4 N–H and O–H groups in total. The van der Waals surface area contributed by atoms with Crippen molar-refractivity contribution >= 4 is 28.7 Å². The van der Waals surface area contributed by atoms with Crippen LogP contribution in [0.1, 0.15) is 18.4 Å². The minimum absolute atomic E-state index is 0.0980. The highest BCUT2D eigenvalue weighted by molar-refractivity contribution is 5.84. The lowest BCUT2D eigenvalue weighted by atomic mass is 10.1. The number of aliphatic hydroxyl groups excluding tert-OH is 1. The molecule has 30 heavy (non-hydrogen) atoms. The molecule has 1 fully saturated rings. The van der Waals surface area contributed by atoms with Crippen molar-refractivity contribution in [1.82, 2.24) is 25.4 Å². The topological polar surface area (TPSA) is 118 Å². The third-order valence-corrected chi connectivity index (χ3v) is 5.26. The molecular weight excluding hydrogens is 386 g/mol. The number of benzene rings is 1. The summed E-state index contributed by atoms with van der Waals surface area (Å²) >= 11 is 0. The van der Waals surface area contributed by atoms with E-state index < -0.39 is 0 Å². The van der Waals surface area contributed by atoms with E-state index in [4.69, 9.17) is 5.11 Å².